The first-order valence-corrected chi connectivity index (χ1v) is 3.14. The molecule has 0 atom stereocenters. The van der Waals surface area contributed by atoms with Crippen molar-refractivity contribution in [3.63, 3.8) is 0 Å². The first kappa shape index (κ1) is 5.41. The fraction of sp³-hybridized carbons (Fsp3) is 0.143. The van der Waals surface area contributed by atoms with Crippen molar-refractivity contribution in [1.29, 1.82) is 0 Å². The Morgan fingerprint density at radius 2 is 2.30 bits per heavy atom. The minimum atomic E-state index is 0.973. The minimum Gasteiger partial charge on any atom is -0.220 e. The van der Waals surface area contributed by atoms with E-state index in [1.165, 1.54) is 0 Å². The quantitative estimate of drug-likeness (QED) is 0.537. The van der Waals surface area contributed by atoms with Gasteiger partial charge in [0.05, 0.1) is 11.2 Å². The number of pyridine rings is 1. The third-order valence-electron chi connectivity index (χ3n) is 1.50. The van der Waals surface area contributed by atoms with E-state index in [4.69, 9.17) is 0 Å². The molecular weight excluding hydrogens is 126 g/mol. The van der Waals surface area contributed by atoms with Crippen LogP contribution in [0.1, 0.15) is 5.69 Å². The largest absolute Gasteiger partial charge is 0.220 e. The monoisotopic (exact) mass is 133 g/mol. The Kier molecular flexibility index (Phi) is 0.974. The second kappa shape index (κ2) is 1.80. The number of rotatable bonds is 0. The molecule has 0 bridgehead atoms. The van der Waals surface area contributed by atoms with Gasteiger partial charge in [-0.3, -0.25) is 0 Å². The summed E-state index contributed by atoms with van der Waals surface area (Å²) in [4.78, 5) is 0. The number of aryl methyl sites for hydroxylation is 1. The molecule has 0 amide bonds. The Bertz CT molecular complexity index is 350. The minimum absolute atomic E-state index is 0.973. The van der Waals surface area contributed by atoms with Gasteiger partial charge in [-0.15, -0.1) is 5.10 Å². The van der Waals surface area contributed by atoms with E-state index in [0.29, 0.717) is 0 Å². The molecule has 10 heavy (non-hydrogen) atoms. The maximum atomic E-state index is 3.91. The van der Waals surface area contributed by atoms with Crippen LogP contribution in [0, 0.1) is 6.92 Å². The summed E-state index contributed by atoms with van der Waals surface area (Å²) in [7, 11) is 0. The Hall–Kier alpha value is -1.38. The van der Waals surface area contributed by atoms with E-state index in [2.05, 4.69) is 10.3 Å². The maximum Gasteiger partial charge on any atom is 0.0894 e. The molecule has 0 fully saturated rings. The van der Waals surface area contributed by atoms with E-state index in [-0.39, 0.29) is 0 Å². The van der Waals surface area contributed by atoms with Crippen molar-refractivity contribution in [3.8, 4) is 0 Å². The summed E-state index contributed by atoms with van der Waals surface area (Å²) < 4.78 is 1.76. The zero-order valence-electron chi connectivity index (χ0n) is 5.65. The van der Waals surface area contributed by atoms with Gasteiger partial charge in [0, 0.05) is 6.20 Å². The predicted octanol–water partition coefficient (Wildman–Crippen LogP) is 1.04. The molecule has 2 heterocycles. The molecule has 2 aromatic rings. The highest BCUT2D eigenvalue weighted by Crippen LogP contribution is 2.03. The fourth-order valence-corrected chi connectivity index (χ4v) is 0.965. The summed E-state index contributed by atoms with van der Waals surface area (Å²) in [5, 5.41) is 7.79. The summed E-state index contributed by atoms with van der Waals surface area (Å²) in [6.07, 6.45) is 1.88. The molecule has 0 aliphatic heterocycles. The van der Waals surface area contributed by atoms with Gasteiger partial charge in [0.1, 0.15) is 0 Å². The van der Waals surface area contributed by atoms with Crippen LogP contribution in [0.15, 0.2) is 24.4 Å². The van der Waals surface area contributed by atoms with Crippen LogP contribution in [0.25, 0.3) is 5.52 Å². The van der Waals surface area contributed by atoms with Crippen LogP contribution in [0.3, 0.4) is 0 Å². The molecule has 0 saturated heterocycles. The Morgan fingerprint density at radius 3 is 3.10 bits per heavy atom. The summed E-state index contributed by atoms with van der Waals surface area (Å²) in [6, 6.07) is 5.90. The van der Waals surface area contributed by atoms with Crippen molar-refractivity contribution < 1.29 is 0 Å². The van der Waals surface area contributed by atoms with Crippen LogP contribution >= 0.6 is 0 Å². The summed E-state index contributed by atoms with van der Waals surface area (Å²) in [6.45, 7) is 1.95. The van der Waals surface area contributed by atoms with Crippen LogP contribution in [0.4, 0.5) is 0 Å². The molecule has 0 radical (unpaired) electrons. The first-order chi connectivity index (χ1) is 4.88. The molecule has 0 unspecified atom stereocenters. The second-order valence-electron chi connectivity index (χ2n) is 2.21. The Balaban J connectivity index is 2.93. The van der Waals surface area contributed by atoms with Gasteiger partial charge in [-0.2, -0.15) is 0 Å². The molecule has 2 rings (SSSR count). The van der Waals surface area contributed by atoms with Crippen LogP contribution in [-0.4, -0.2) is 14.8 Å². The van der Waals surface area contributed by atoms with Gasteiger partial charge in [-0.25, -0.2) is 4.52 Å². The van der Waals surface area contributed by atoms with E-state index >= 15 is 0 Å². The van der Waals surface area contributed by atoms with Crippen molar-refractivity contribution in [1.82, 2.24) is 14.8 Å². The average molecular weight is 133 g/mol. The van der Waals surface area contributed by atoms with Gasteiger partial charge in [-0.1, -0.05) is 11.3 Å². The zero-order valence-corrected chi connectivity index (χ0v) is 5.65. The van der Waals surface area contributed by atoms with Gasteiger partial charge in [0.15, 0.2) is 0 Å². The lowest BCUT2D eigenvalue weighted by Crippen LogP contribution is -1.83. The Morgan fingerprint density at radius 1 is 1.40 bits per heavy atom. The van der Waals surface area contributed by atoms with Gasteiger partial charge in [-0.05, 0) is 19.1 Å². The van der Waals surface area contributed by atoms with Gasteiger partial charge in [0.25, 0.3) is 0 Å². The van der Waals surface area contributed by atoms with Crippen LogP contribution in [-0.2, 0) is 0 Å². The van der Waals surface area contributed by atoms with Crippen molar-refractivity contribution in [2.24, 2.45) is 0 Å². The average Bonchev–Trinajstić information content (AvgIpc) is 2.34. The molecule has 0 aliphatic carbocycles. The van der Waals surface area contributed by atoms with Crippen molar-refractivity contribution >= 4 is 5.52 Å². The van der Waals surface area contributed by atoms with Crippen molar-refractivity contribution in [2.45, 2.75) is 6.92 Å². The summed E-state index contributed by atoms with van der Waals surface area (Å²) >= 11 is 0. The highest BCUT2D eigenvalue weighted by molar-refractivity contribution is 5.48. The van der Waals surface area contributed by atoms with Crippen LogP contribution < -0.4 is 0 Å². The summed E-state index contributed by atoms with van der Waals surface area (Å²) in [5.74, 6) is 0. The highest BCUT2D eigenvalue weighted by Gasteiger charge is 1.96. The van der Waals surface area contributed by atoms with E-state index in [9.17, 15) is 0 Å². The van der Waals surface area contributed by atoms with E-state index < -0.39 is 0 Å². The van der Waals surface area contributed by atoms with Crippen molar-refractivity contribution in [2.75, 3.05) is 0 Å². The number of hydrogen-bond acceptors (Lipinski definition) is 2. The molecule has 0 aromatic carbocycles. The fourth-order valence-electron chi connectivity index (χ4n) is 0.965. The SMILES string of the molecule is Cc1nnn2ccccc12. The van der Waals surface area contributed by atoms with Crippen LogP contribution in [0.5, 0.6) is 0 Å². The van der Waals surface area contributed by atoms with E-state index in [1.807, 2.05) is 31.3 Å². The summed E-state index contributed by atoms with van der Waals surface area (Å²) in [5.41, 5.74) is 2.04. The van der Waals surface area contributed by atoms with E-state index in [0.717, 1.165) is 11.2 Å². The van der Waals surface area contributed by atoms with Gasteiger partial charge < -0.3 is 0 Å². The molecule has 0 aliphatic rings. The zero-order chi connectivity index (χ0) is 6.97. The molecule has 0 spiro atoms. The predicted molar refractivity (Wildman–Crippen MR) is 37.7 cm³/mol. The highest BCUT2D eigenvalue weighted by atomic mass is 15.4. The molecule has 2 aromatic heterocycles. The molecule has 0 saturated carbocycles. The maximum absolute atomic E-state index is 3.91. The lowest BCUT2D eigenvalue weighted by atomic mass is 10.3. The molecule has 0 N–H and O–H groups in total. The first-order valence-electron chi connectivity index (χ1n) is 3.14. The number of fused-ring (bicyclic) bond motifs is 1. The van der Waals surface area contributed by atoms with Crippen LogP contribution in [0.2, 0.25) is 0 Å². The number of aromatic nitrogens is 3. The molecular formula is C7H7N3. The number of hydrogen-bond donors (Lipinski definition) is 0. The lowest BCUT2D eigenvalue weighted by Gasteiger charge is -1.87. The lowest BCUT2D eigenvalue weighted by molar-refractivity contribution is 0.849. The van der Waals surface area contributed by atoms with Gasteiger partial charge in [0.2, 0.25) is 0 Å². The number of nitrogens with zero attached hydrogens (tertiary/aromatic N) is 3. The van der Waals surface area contributed by atoms with E-state index in [1.54, 1.807) is 4.52 Å². The molecule has 3 nitrogen and oxygen atoms in total. The van der Waals surface area contributed by atoms with Gasteiger partial charge >= 0.3 is 0 Å². The molecule has 3 heteroatoms. The topological polar surface area (TPSA) is 30.2 Å². The normalized spacial score (nSPS) is 10.5. The van der Waals surface area contributed by atoms with Crippen molar-refractivity contribution in [3.05, 3.63) is 30.1 Å². The Labute approximate surface area is 58.3 Å². The smallest absolute Gasteiger partial charge is 0.0894 e. The second-order valence-corrected chi connectivity index (χ2v) is 2.21. The third kappa shape index (κ3) is 0.603. The molecule has 50 valence electrons. The third-order valence-corrected chi connectivity index (χ3v) is 1.50. The standard InChI is InChI=1S/C7H7N3/c1-6-7-4-2-3-5-10(7)9-8-6/h2-5H,1H3.